The second-order valence-corrected chi connectivity index (χ2v) is 5.60. The Balaban J connectivity index is 1.84. The minimum absolute atomic E-state index is 0.0224. The fraction of sp³-hybridized carbons (Fsp3) is 0.350. The molecule has 122 valence electrons. The lowest BCUT2D eigenvalue weighted by molar-refractivity contribution is -0.118. The molecular formula is C20H25NO2. The number of nitrogens with one attached hydrogen (secondary N) is 1. The number of para-hydroxylation sites is 1. The SMILES string of the molecule is CCCCc1ccc(NC(=O)COc2ccccc2CC)cc1. The molecule has 0 spiro atoms. The van der Waals surface area contributed by atoms with Crippen LogP contribution in [0, 0.1) is 0 Å². The maximum atomic E-state index is 12.0. The maximum Gasteiger partial charge on any atom is 0.262 e. The lowest BCUT2D eigenvalue weighted by atomic mass is 10.1. The van der Waals surface area contributed by atoms with Crippen molar-refractivity contribution >= 4 is 11.6 Å². The van der Waals surface area contributed by atoms with Crippen molar-refractivity contribution in [2.24, 2.45) is 0 Å². The van der Waals surface area contributed by atoms with Gasteiger partial charge in [0.25, 0.3) is 5.91 Å². The molecular weight excluding hydrogens is 286 g/mol. The molecule has 2 rings (SSSR count). The number of amides is 1. The zero-order chi connectivity index (χ0) is 16.5. The van der Waals surface area contributed by atoms with E-state index in [0.29, 0.717) is 0 Å². The van der Waals surface area contributed by atoms with E-state index in [0.717, 1.165) is 29.8 Å². The number of ether oxygens (including phenoxy) is 1. The summed E-state index contributed by atoms with van der Waals surface area (Å²) in [4.78, 5) is 12.0. The Labute approximate surface area is 138 Å². The van der Waals surface area contributed by atoms with Gasteiger partial charge in [0, 0.05) is 5.69 Å². The molecule has 0 aromatic heterocycles. The van der Waals surface area contributed by atoms with Crippen molar-refractivity contribution in [2.75, 3.05) is 11.9 Å². The molecule has 0 heterocycles. The van der Waals surface area contributed by atoms with Crippen LogP contribution in [0.4, 0.5) is 5.69 Å². The summed E-state index contributed by atoms with van der Waals surface area (Å²) in [6, 6.07) is 15.8. The average molecular weight is 311 g/mol. The first kappa shape index (κ1) is 17.1. The van der Waals surface area contributed by atoms with Gasteiger partial charge in [-0.1, -0.05) is 50.6 Å². The second kappa shape index (κ2) is 8.99. The summed E-state index contributed by atoms with van der Waals surface area (Å²) < 4.78 is 5.63. The Hall–Kier alpha value is -2.29. The molecule has 0 fully saturated rings. The zero-order valence-corrected chi connectivity index (χ0v) is 14.0. The highest BCUT2D eigenvalue weighted by molar-refractivity contribution is 5.91. The highest BCUT2D eigenvalue weighted by Crippen LogP contribution is 2.18. The molecule has 2 aromatic rings. The number of carbonyl (C=O) groups is 1. The Bertz CT molecular complexity index is 620. The Morgan fingerprint density at radius 1 is 1.04 bits per heavy atom. The summed E-state index contributed by atoms with van der Waals surface area (Å²) in [5, 5.41) is 2.87. The number of anilines is 1. The lowest BCUT2D eigenvalue weighted by Gasteiger charge is -2.11. The summed E-state index contributed by atoms with van der Waals surface area (Å²) in [5.74, 6) is 0.636. The molecule has 0 radical (unpaired) electrons. The van der Waals surface area contributed by atoms with E-state index < -0.39 is 0 Å². The van der Waals surface area contributed by atoms with Crippen LogP contribution in [0.3, 0.4) is 0 Å². The molecule has 23 heavy (non-hydrogen) atoms. The van der Waals surface area contributed by atoms with Gasteiger partial charge in [-0.25, -0.2) is 0 Å². The van der Waals surface area contributed by atoms with Crippen molar-refractivity contribution in [2.45, 2.75) is 39.5 Å². The number of carbonyl (C=O) groups excluding carboxylic acids is 1. The first-order valence-electron chi connectivity index (χ1n) is 8.32. The minimum atomic E-state index is -0.141. The number of aryl methyl sites for hydroxylation is 2. The Kier molecular flexibility index (Phi) is 6.67. The van der Waals surface area contributed by atoms with Crippen molar-refractivity contribution in [3.8, 4) is 5.75 Å². The number of unbranched alkanes of at least 4 members (excludes halogenated alkanes) is 1. The van der Waals surface area contributed by atoms with E-state index >= 15 is 0 Å². The number of rotatable bonds is 8. The predicted octanol–water partition coefficient (Wildman–Crippen LogP) is 4.61. The van der Waals surface area contributed by atoms with E-state index in [1.807, 2.05) is 36.4 Å². The monoisotopic (exact) mass is 311 g/mol. The van der Waals surface area contributed by atoms with Gasteiger partial charge < -0.3 is 10.1 Å². The molecule has 2 aromatic carbocycles. The van der Waals surface area contributed by atoms with Crippen LogP contribution in [-0.2, 0) is 17.6 Å². The summed E-state index contributed by atoms with van der Waals surface area (Å²) in [6.45, 7) is 4.28. The van der Waals surface area contributed by atoms with Crippen LogP contribution in [0.25, 0.3) is 0 Å². The van der Waals surface area contributed by atoms with E-state index in [1.165, 1.54) is 18.4 Å². The molecule has 0 aliphatic carbocycles. The van der Waals surface area contributed by atoms with Crippen molar-refractivity contribution in [3.05, 3.63) is 59.7 Å². The molecule has 0 aliphatic heterocycles. The molecule has 3 nitrogen and oxygen atoms in total. The lowest BCUT2D eigenvalue weighted by Crippen LogP contribution is -2.20. The van der Waals surface area contributed by atoms with Crippen LogP contribution in [0.15, 0.2) is 48.5 Å². The highest BCUT2D eigenvalue weighted by atomic mass is 16.5. The Morgan fingerprint density at radius 3 is 2.48 bits per heavy atom. The smallest absolute Gasteiger partial charge is 0.262 e. The van der Waals surface area contributed by atoms with Gasteiger partial charge in [0.15, 0.2) is 6.61 Å². The molecule has 0 aliphatic rings. The van der Waals surface area contributed by atoms with Gasteiger partial charge in [-0.15, -0.1) is 0 Å². The Morgan fingerprint density at radius 2 is 1.78 bits per heavy atom. The van der Waals surface area contributed by atoms with Crippen LogP contribution in [0.2, 0.25) is 0 Å². The predicted molar refractivity (Wildman–Crippen MR) is 95.0 cm³/mol. The van der Waals surface area contributed by atoms with Gasteiger partial charge in [0.2, 0.25) is 0 Å². The third-order valence-corrected chi connectivity index (χ3v) is 3.77. The fourth-order valence-corrected chi connectivity index (χ4v) is 2.41. The number of hydrogen-bond acceptors (Lipinski definition) is 2. The summed E-state index contributed by atoms with van der Waals surface area (Å²) in [5.41, 5.74) is 3.22. The molecule has 1 N–H and O–H groups in total. The zero-order valence-electron chi connectivity index (χ0n) is 14.0. The third-order valence-electron chi connectivity index (χ3n) is 3.77. The molecule has 0 saturated heterocycles. The van der Waals surface area contributed by atoms with Crippen molar-refractivity contribution in [1.29, 1.82) is 0 Å². The topological polar surface area (TPSA) is 38.3 Å². The number of benzene rings is 2. The largest absolute Gasteiger partial charge is 0.483 e. The molecule has 1 amide bonds. The van der Waals surface area contributed by atoms with E-state index in [2.05, 4.69) is 31.3 Å². The van der Waals surface area contributed by atoms with Crippen molar-refractivity contribution in [1.82, 2.24) is 0 Å². The van der Waals surface area contributed by atoms with Crippen molar-refractivity contribution in [3.63, 3.8) is 0 Å². The summed E-state index contributed by atoms with van der Waals surface area (Å²) in [7, 11) is 0. The van der Waals surface area contributed by atoms with Crippen LogP contribution < -0.4 is 10.1 Å². The summed E-state index contributed by atoms with van der Waals surface area (Å²) in [6.07, 6.45) is 4.35. The van der Waals surface area contributed by atoms with Gasteiger partial charge in [0.05, 0.1) is 0 Å². The second-order valence-electron chi connectivity index (χ2n) is 5.60. The third kappa shape index (κ3) is 5.44. The molecule has 0 saturated carbocycles. The van der Waals surface area contributed by atoms with Gasteiger partial charge in [-0.3, -0.25) is 4.79 Å². The van der Waals surface area contributed by atoms with Gasteiger partial charge in [-0.2, -0.15) is 0 Å². The molecule has 0 bridgehead atoms. The number of hydrogen-bond donors (Lipinski definition) is 1. The first-order chi connectivity index (χ1) is 11.2. The minimum Gasteiger partial charge on any atom is -0.483 e. The van der Waals surface area contributed by atoms with E-state index in [1.54, 1.807) is 0 Å². The molecule has 0 atom stereocenters. The first-order valence-corrected chi connectivity index (χ1v) is 8.32. The van der Waals surface area contributed by atoms with E-state index in [9.17, 15) is 4.79 Å². The van der Waals surface area contributed by atoms with E-state index in [4.69, 9.17) is 4.74 Å². The van der Waals surface area contributed by atoms with Gasteiger partial charge in [-0.05, 0) is 48.6 Å². The van der Waals surface area contributed by atoms with Gasteiger partial charge >= 0.3 is 0 Å². The van der Waals surface area contributed by atoms with Crippen LogP contribution in [0.5, 0.6) is 5.75 Å². The van der Waals surface area contributed by atoms with Gasteiger partial charge in [0.1, 0.15) is 5.75 Å². The molecule has 3 heteroatoms. The van der Waals surface area contributed by atoms with Crippen LogP contribution in [0.1, 0.15) is 37.8 Å². The standard InChI is InChI=1S/C20H25NO2/c1-3-5-8-16-11-13-18(14-12-16)21-20(22)15-23-19-10-7-6-9-17(19)4-2/h6-7,9-14H,3-5,8,15H2,1-2H3,(H,21,22). The maximum absolute atomic E-state index is 12.0. The summed E-state index contributed by atoms with van der Waals surface area (Å²) >= 11 is 0. The van der Waals surface area contributed by atoms with E-state index in [-0.39, 0.29) is 12.5 Å². The quantitative estimate of drug-likeness (QED) is 0.773. The van der Waals surface area contributed by atoms with Crippen molar-refractivity contribution < 1.29 is 9.53 Å². The highest BCUT2D eigenvalue weighted by Gasteiger charge is 2.06. The average Bonchev–Trinajstić information content (AvgIpc) is 2.59. The van der Waals surface area contributed by atoms with Crippen LogP contribution in [-0.4, -0.2) is 12.5 Å². The molecule has 0 unspecified atom stereocenters. The fourth-order valence-electron chi connectivity index (χ4n) is 2.41. The van der Waals surface area contributed by atoms with Crippen LogP contribution >= 0.6 is 0 Å². The normalized spacial score (nSPS) is 10.3.